The lowest BCUT2D eigenvalue weighted by Crippen LogP contribution is -2.33. The Hall–Kier alpha value is -2.11. The zero-order chi connectivity index (χ0) is 14.4. The van der Waals surface area contributed by atoms with Crippen molar-refractivity contribution in [1.82, 2.24) is 4.98 Å². The molecule has 0 saturated heterocycles. The van der Waals surface area contributed by atoms with Gasteiger partial charge < -0.3 is 14.7 Å². The Kier molecular flexibility index (Phi) is 5.29. The molecule has 1 atom stereocenters. The maximum Gasteiger partial charge on any atom is 0.341 e. The minimum Gasteiger partial charge on any atom is -0.481 e. The molecular weight excluding hydrogens is 248 g/mol. The first-order valence-corrected chi connectivity index (χ1v) is 6.02. The molecule has 0 fully saturated rings. The second kappa shape index (κ2) is 6.72. The summed E-state index contributed by atoms with van der Waals surface area (Å²) in [5.74, 6) is -1.46. The van der Waals surface area contributed by atoms with E-state index >= 15 is 0 Å². The molecule has 0 aromatic carbocycles. The van der Waals surface area contributed by atoms with Gasteiger partial charge in [-0.2, -0.15) is 0 Å². The highest BCUT2D eigenvalue weighted by molar-refractivity contribution is 5.94. The standard InChI is InChI=1S/C13H18N2O4/c1-4-15(8-9(2)12(16)17)11-10(13(18)19-3)6-5-7-14-11/h5-7,9H,4,8H2,1-3H3,(H,16,17). The zero-order valence-corrected chi connectivity index (χ0v) is 11.3. The van der Waals surface area contributed by atoms with Crippen molar-refractivity contribution in [3.63, 3.8) is 0 Å². The summed E-state index contributed by atoms with van der Waals surface area (Å²) < 4.78 is 4.70. The van der Waals surface area contributed by atoms with Crippen LogP contribution in [0.3, 0.4) is 0 Å². The van der Waals surface area contributed by atoms with Crippen LogP contribution in [0.25, 0.3) is 0 Å². The molecule has 6 heteroatoms. The summed E-state index contributed by atoms with van der Waals surface area (Å²) in [6, 6.07) is 3.26. The van der Waals surface area contributed by atoms with E-state index in [-0.39, 0.29) is 6.54 Å². The van der Waals surface area contributed by atoms with E-state index in [0.717, 1.165) is 0 Å². The Morgan fingerprint density at radius 1 is 1.53 bits per heavy atom. The van der Waals surface area contributed by atoms with Gasteiger partial charge in [-0.3, -0.25) is 4.79 Å². The van der Waals surface area contributed by atoms with Gasteiger partial charge >= 0.3 is 11.9 Å². The van der Waals surface area contributed by atoms with Crippen molar-refractivity contribution >= 4 is 17.8 Å². The minimum absolute atomic E-state index is 0.285. The average molecular weight is 266 g/mol. The van der Waals surface area contributed by atoms with E-state index < -0.39 is 17.9 Å². The third kappa shape index (κ3) is 3.67. The van der Waals surface area contributed by atoms with Gasteiger partial charge in [-0.05, 0) is 19.1 Å². The van der Waals surface area contributed by atoms with Crippen molar-refractivity contribution < 1.29 is 19.4 Å². The number of ether oxygens (including phenoxy) is 1. The van der Waals surface area contributed by atoms with Gasteiger partial charge in [-0.25, -0.2) is 9.78 Å². The molecule has 1 unspecified atom stereocenters. The largest absolute Gasteiger partial charge is 0.481 e. The van der Waals surface area contributed by atoms with Gasteiger partial charge in [0.2, 0.25) is 0 Å². The monoisotopic (exact) mass is 266 g/mol. The molecule has 0 radical (unpaired) electrons. The van der Waals surface area contributed by atoms with E-state index in [1.807, 2.05) is 6.92 Å². The summed E-state index contributed by atoms with van der Waals surface area (Å²) in [4.78, 5) is 28.5. The van der Waals surface area contributed by atoms with Crippen LogP contribution in [-0.4, -0.2) is 42.2 Å². The number of carboxylic acids is 1. The molecule has 0 aliphatic rings. The number of hydrogen-bond donors (Lipinski definition) is 1. The number of rotatable bonds is 6. The van der Waals surface area contributed by atoms with Gasteiger partial charge in [0.1, 0.15) is 11.4 Å². The first kappa shape index (κ1) is 14.9. The molecule has 6 nitrogen and oxygen atoms in total. The smallest absolute Gasteiger partial charge is 0.341 e. The van der Waals surface area contributed by atoms with Crippen LogP contribution in [0.15, 0.2) is 18.3 Å². The van der Waals surface area contributed by atoms with Crippen molar-refractivity contribution in [2.24, 2.45) is 5.92 Å². The maximum absolute atomic E-state index is 11.7. The SMILES string of the molecule is CCN(CC(C)C(=O)O)c1ncccc1C(=O)OC. The van der Waals surface area contributed by atoms with Crippen LogP contribution in [0.4, 0.5) is 5.82 Å². The number of aliphatic carboxylic acids is 1. The number of anilines is 1. The maximum atomic E-state index is 11.7. The number of esters is 1. The Morgan fingerprint density at radius 3 is 2.74 bits per heavy atom. The minimum atomic E-state index is -0.881. The number of carbonyl (C=O) groups excluding carboxylic acids is 1. The molecule has 0 spiro atoms. The first-order valence-electron chi connectivity index (χ1n) is 6.02. The first-order chi connectivity index (χ1) is 9.01. The van der Waals surface area contributed by atoms with Crippen molar-refractivity contribution in [2.45, 2.75) is 13.8 Å². The number of methoxy groups -OCH3 is 1. The average Bonchev–Trinajstić information content (AvgIpc) is 2.43. The molecule has 1 rings (SSSR count). The van der Waals surface area contributed by atoms with Crippen LogP contribution in [0, 0.1) is 5.92 Å². The Morgan fingerprint density at radius 2 is 2.21 bits per heavy atom. The van der Waals surface area contributed by atoms with E-state index in [4.69, 9.17) is 9.84 Å². The number of carbonyl (C=O) groups is 2. The number of carboxylic acid groups (broad SMARTS) is 1. The Bertz CT molecular complexity index is 462. The summed E-state index contributed by atoms with van der Waals surface area (Å²) in [6.45, 7) is 4.33. The highest BCUT2D eigenvalue weighted by atomic mass is 16.5. The molecule has 104 valence electrons. The van der Waals surface area contributed by atoms with Crippen LogP contribution in [0.1, 0.15) is 24.2 Å². The van der Waals surface area contributed by atoms with E-state index in [1.54, 1.807) is 30.2 Å². The van der Waals surface area contributed by atoms with Crippen LogP contribution in [0.2, 0.25) is 0 Å². The molecule has 0 aliphatic heterocycles. The molecule has 1 heterocycles. The highest BCUT2D eigenvalue weighted by Crippen LogP contribution is 2.19. The van der Waals surface area contributed by atoms with Gasteiger partial charge in [0.05, 0.1) is 13.0 Å². The highest BCUT2D eigenvalue weighted by Gasteiger charge is 2.21. The topological polar surface area (TPSA) is 79.7 Å². The quantitative estimate of drug-likeness (QED) is 0.784. The van der Waals surface area contributed by atoms with Gasteiger partial charge in [-0.1, -0.05) is 6.92 Å². The molecule has 0 bridgehead atoms. The summed E-state index contributed by atoms with van der Waals surface area (Å²) in [5, 5.41) is 8.96. The summed E-state index contributed by atoms with van der Waals surface area (Å²) in [7, 11) is 1.30. The van der Waals surface area contributed by atoms with Gasteiger partial charge in [0.25, 0.3) is 0 Å². The van der Waals surface area contributed by atoms with Gasteiger partial charge in [0.15, 0.2) is 0 Å². The van der Waals surface area contributed by atoms with E-state index in [2.05, 4.69) is 4.98 Å². The van der Waals surface area contributed by atoms with Crippen LogP contribution < -0.4 is 4.90 Å². The van der Waals surface area contributed by atoms with Crippen molar-refractivity contribution in [3.05, 3.63) is 23.9 Å². The lowest BCUT2D eigenvalue weighted by atomic mass is 10.1. The number of pyridine rings is 1. The third-order valence-corrected chi connectivity index (χ3v) is 2.79. The number of nitrogens with zero attached hydrogens (tertiary/aromatic N) is 2. The van der Waals surface area contributed by atoms with Crippen LogP contribution in [0.5, 0.6) is 0 Å². The molecule has 0 amide bonds. The fraction of sp³-hybridized carbons (Fsp3) is 0.462. The zero-order valence-electron chi connectivity index (χ0n) is 11.3. The lowest BCUT2D eigenvalue weighted by molar-refractivity contribution is -0.140. The molecule has 1 aromatic rings. The van der Waals surface area contributed by atoms with Crippen LogP contribution >= 0.6 is 0 Å². The van der Waals surface area contributed by atoms with Gasteiger partial charge in [-0.15, -0.1) is 0 Å². The predicted molar refractivity (Wildman–Crippen MR) is 70.3 cm³/mol. The molecular formula is C13H18N2O4. The Balaban J connectivity index is 3.04. The predicted octanol–water partition coefficient (Wildman–Crippen LogP) is 1.42. The van der Waals surface area contributed by atoms with E-state index in [1.165, 1.54) is 7.11 Å². The molecule has 0 aliphatic carbocycles. The van der Waals surface area contributed by atoms with Crippen molar-refractivity contribution in [2.75, 3.05) is 25.1 Å². The molecule has 1 N–H and O–H groups in total. The molecule has 19 heavy (non-hydrogen) atoms. The third-order valence-electron chi connectivity index (χ3n) is 2.79. The second-order valence-corrected chi connectivity index (χ2v) is 4.14. The normalized spacial score (nSPS) is 11.7. The van der Waals surface area contributed by atoms with E-state index in [9.17, 15) is 9.59 Å². The second-order valence-electron chi connectivity index (χ2n) is 4.14. The molecule has 1 aromatic heterocycles. The van der Waals surface area contributed by atoms with Crippen molar-refractivity contribution in [3.8, 4) is 0 Å². The van der Waals surface area contributed by atoms with Crippen molar-refractivity contribution in [1.29, 1.82) is 0 Å². The molecule has 0 saturated carbocycles. The number of hydrogen-bond acceptors (Lipinski definition) is 5. The number of aromatic nitrogens is 1. The van der Waals surface area contributed by atoms with E-state index in [0.29, 0.717) is 17.9 Å². The summed E-state index contributed by atoms with van der Waals surface area (Å²) in [5.41, 5.74) is 0.337. The Labute approximate surface area is 112 Å². The van der Waals surface area contributed by atoms with Gasteiger partial charge in [0, 0.05) is 19.3 Å². The fourth-order valence-corrected chi connectivity index (χ4v) is 1.69. The summed E-state index contributed by atoms with van der Waals surface area (Å²) >= 11 is 0. The fourth-order valence-electron chi connectivity index (χ4n) is 1.69. The summed E-state index contributed by atoms with van der Waals surface area (Å²) in [6.07, 6.45) is 1.57. The van der Waals surface area contributed by atoms with Crippen LogP contribution in [-0.2, 0) is 9.53 Å². The lowest BCUT2D eigenvalue weighted by Gasteiger charge is -2.25.